The van der Waals surface area contributed by atoms with Crippen LogP contribution in [0.2, 0.25) is 0 Å². The molecule has 1 aromatic heterocycles. The Hall–Kier alpha value is -3.46. The largest absolute Gasteiger partial charge is 0.485 e. The van der Waals surface area contributed by atoms with Gasteiger partial charge in [-0.1, -0.05) is 30.0 Å². The van der Waals surface area contributed by atoms with Gasteiger partial charge in [0.1, 0.15) is 6.61 Å². The third-order valence-corrected chi connectivity index (χ3v) is 7.03. The molecule has 2 aromatic carbocycles. The number of nitrogens with one attached hydrogen (secondary N) is 1. The maximum atomic E-state index is 12.6. The molecule has 1 atom stereocenters. The second-order valence-electron chi connectivity index (χ2n) is 8.54. The molecule has 8 nitrogen and oxygen atoms in total. The highest BCUT2D eigenvalue weighted by Gasteiger charge is 2.28. The number of nitrogens with zero attached hydrogens (tertiary/aromatic N) is 4. The average molecular weight is 492 g/mol. The number of aromatic nitrogens is 3. The molecular formula is C26H29N5O3S. The fourth-order valence-electron chi connectivity index (χ4n) is 4.33. The smallest absolute Gasteiger partial charge is 0.234 e. The topological polar surface area (TPSA) is 81.5 Å². The predicted octanol–water partition coefficient (Wildman–Crippen LogP) is 4.70. The highest BCUT2D eigenvalue weighted by molar-refractivity contribution is 7.99. The zero-order chi connectivity index (χ0) is 24.0. The number of carbonyl (C=O) groups excluding carboxylic acids is 1. The van der Waals surface area contributed by atoms with Crippen molar-refractivity contribution in [3.8, 4) is 11.5 Å². The molecule has 1 N–H and O–H groups in total. The molecule has 9 heteroatoms. The van der Waals surface area contributed by atoms with Crippen molar-refractivity contribution in [2.75, 3.05) is 35.7 Å². The first-order valence-electron chi connectivity index (χ1n) is 11.9. The van der Waals surface area contributed by atoms with Crippen LogP contribution >= 0.6 is 11.8 Å². The van der Waals surface area contributed by atoms with Crippen LogP contribution in [0.3, 0.4) is 0 Å². The van der Waals surface area contributed by atoms with Gasteiger partial charge in [0.25, 0.3) is 0 Å². The van der Waals surface area contributed by atoms with Crippen LogP contribution in [0.4, 0.5) is 11.4 Å². The van der Waals surface area contributed by atoms with E-state index < -0.39 is 0 Å². The quantitative estimate of drug-likeness (QED) is 0.361. The summed E-state index contributed by atoms with van der Waals surface area (Å²) in [6.45, 7) is 6.89. The lowest BCUT2D eigenvalue weighted by molar-refractivity contribution is -0.113. The number of para-hydroxylation sites is 2. The first-order valence-corrected chi connectivity index (χ1v) is 12.9. The van der Waals surface area contributed by atoms with E-state index in [-0.39, 0.29) is 17.8 Å². The first kappa shape index (κ1) is 23.3. The van der Waals surface area contributed by atoms with Crippen LogP contribution in [-0.2, 0) is 11.3 Å². The van der Waals surface area contributed by atoms with Gasteiger partial charge in [-0.25, -0.2) is 0 Å². The fraction of sp³-hybridized carbons (Fsp3) is 0.346. The van der Waals surface area contributed by atoms with Crippen LogP contribution in [0.15, 0.2) is 66.3 Å². The number of carbonyl (C=O) groups is 1. The predicted molar refractivity (Wildman–Crippen MR) is 137 cm³/mol. The Morgan fingerprint density at radius 1 is 1.09 bits per heavy atom. The molecule has 0 radical (unpaired) electrons. The minimum absolute atomic E-state index is 0.0957. The van der Waals surface area contributed by atoms with Crippen molar-refractivity contribution in [3.05, 3.63) is 67.0 Å². The highest BCUT2D eigenvalue weighted by atomic mass is 32.2. The molecule has 2 aliphatic heterocycles. The summed E-state index contributed by atoms with van der Waals surface area (Å²) in [5.41, 5.74) is 2.00. The Balaban J connectivity index is 1.20. The van der Waals surface area contributed by atoms with Gasteiger partial charge in [-0.05, 0) is 55.7 Å². The van der Waals surface area contributed by atoms with Crippen molar-refractivity contribution >= 4 is 29.0 Å². The van der Waals surface area contributed by atoms with E-state index in [9.17, 15) is 4.79 Å². The number of hydrogen-bond donors (Lipinski definition) is 1. The lowest BCUT2D eigenvalue weighted by Crippen LogP contribution is -2.29. The van der Waals surface area contributed by atoms with Gasteiger partial charge < -0.3 is 19.7 Å². The van der Waals surface area contributed by atoms with Crippen LogP contribution < -0.4 is 19.7 Å². The molecule has 3 heterocycles. The standard InChI is InChI=1S/C26H29N5O3S/c1-2-14-31-25(23-17-33-21-8-4-5-9-22(21)34-23)28-29-26(31)35-18-24(32)27-19-10-12-20(13-11-19)30-15-6-3-7-16-30/h2,4-5,8-13,23H,1,3,6-7,14-18H2,(H,27,32). The molecule has 3 aromatic rings. The third kappa shape index (κ3) is 5.45. The summed E-state index contributed by atoms with van der Waals surface area (Å²) in [6, 6.07) is 15.6. The number of allylic oxidation sites excluding steroid dienone is 1. The second-order valence-corrected chi connectivity index (χ2v) is 9.48. The molecule has 1 fully saturated rings. The zero-order valence-electron chi connectivity index (χ0n) is 19.6. The minimum Gasteiger partial charge on any atom is -0.485 e. The SMILES string of the molecule is C=CCn1c(SCC(=O)Nc2ccc(N3CCCCC3)cc2)nnc1C1COc2ccccc2O1. The number of hydrogen-bond acceptors (Lipinski definition) is 7. The van der Waals surface area contributed by atoms with E-state index in [1.54, 1.807) is 6.08 Å². The average Bonchev–Trinajstić information content (AvgIpc) is 3.31. The van der Waals surface area contributed by atoms with Crippen LogP contribution in [0.5, 0.6) is 11.5 Å². The van der Waals surface area contributed by atoms with E-state index in [0.29, 0.717) is 35.6 Å². The van der Waals surface area contributed by atoms with Gasteiger partial charge in [0.05, 0.1) is 5.75 Å². The number of anilines is 2. The number of thioether (sulfide) groups is 1. The van der Waals surface area contributed by atoms with Crippen molar-refractivity contribution < 1.29 is 14.3 Å². The van der Waals surface area contributed by atoms with E-state index in [1.807, 2.05) is 41.0 Å². The summed E-state index contributed by atoms with van der Waals surface area (Å²) >= 11 is 1.34. The summed E-state index contributed by atoms with van der Waals surface area (Å²) in [5, 5.41) is 12.3. The summed E-state index contributed by atoms with van der Waals surface area (Å²) < 4.78 is 13.9. The van der Waals surface area contributed by atoms with Gasteiger partial charge in [0.2, 0.25) is 5.91 Å². The van der Waals surface area contributed by atoms with Gasteiger partial charge in [-0.2, -0.15) is 0 Å². The van der Waals surface area contributed by atoms with Crippen molar-refractivity contribution in [1.29, 1.82) is 0 Å². The van der Waals surface area contributed by atoms with E-state index in [1.165, 1.54) is 36.7 Å². The van der Waals surface area contributed by atoms with Crippen LogP contribution in [0, 0.1) is 0 Å². The lowest BCUT2D eigenvalue weighted by Gasteiger charge is -2.28. The molecule has 0 saturated carbocycles. The summed E-state index contributed by atoms with van der Waals surface area (Å²) in [4.78, 5) is 15.0. The van der Waals surface area contributed by atoms with Gasteiger partial charge in [0, 0.05) is 31.0 Å². The second kappa shape index (κ2) is 10.9. The van der Waals surface area contributed by atoms with Gasteiger partial charge in [0.15, 0.2) is 28.6 Å². The summed E-state index contributed by atoms with van der Waals surface area (Å²) in [5.74, 6) is 2.16. The molecule has 2 aliphatic rings. The van der Waals surface area contributed by atoms with E-state index >= 15 is 0 Å². The Kier molecular flexibility index (Phi) is 7.23. The van der Waals surface area contributed by atoms with Crippen LogP contribution in [0.1, 0.15) is 31.2 Å². The van der Waals surface area contributed by atoms with Crippen molar-refractivity contribution in [3.63, 3.8) is 0 Å². The zero-order valence-corrected chi connectivity index (χ0v) is 20.4. The van der Waals surface area contributed by atoms with Crippen LogP contribution in [0.25, 0.3) is 0 Å². The first-order chi connectivity index (χ1) is 17.2. The maximum Gasteiger partial charge on any atom is 0.234 e. The number of ether oxygens (including phenoxy) is 2. The number of piperidine rings is 1. The van der Waals surface area contributed by atoms with Crippen molar-refractivity contribution in [2.45, 2.75) is 37.1 Å². The number of amides is 1. The molecule has 0 bridgehead atoms. The van der Waals surface area contributed by atoms with Crippen molar-refractivity contribution in [1.82, 2.24) is 14.8 Å². The normalized spacial score (nSPS) is 17.1. The van der Waals surface area contributed by atoms with Gasteiger partial charge >= 0.3 is 0 Å². The number of benzene rings is 2. The van der Waals surface area contributed by atoms with Crippen LogP contribution in [-0.4, -0.2) is 46.1 Å². The van der Waals surface area contributed by atoms with E-state index in [4.69, 9.17) is 9.47 Å². The highest BCUT2D eigenvalue weighted by Crippen LogP contribution is 2.36. The fourth-order valence-corrected chi connectivity index (χ4v) is 5.08. The summed E-state index contributed by atoms with van der Waals surface area (Å²) in [7, 11) is 0. The molecular weight excluding hydrogens is 462 g/mol. The molecule has 182 valence electrons. The van der Waals surface area contributed by atoms with E-state index in [0.717, 1.165) is 18.8 Å². The number of fused-ring (bicyclic) bond motifs is 1. The molecule has 35 heavy (non-hydrogen) atoms. The lowest BCUT2D eigenvalue weighted by atomic mass is 10.1. The molecule has 1 amide bonds. The molecule has 0 aliphatic carbocycles. The molecule has 1 unspecified atom stereocenters. The monoisotopic (exact) mass is 491 g/mol. The number of rotatable bonds is 8. The third-order valence-electron chi connectivity index (χ3n) is 6.06. The Labute approximate surface area is 209 Å². The Morgan fingerprint density at radius 2 is 1.86 bits per heavy atom. The summed E-state index contributed by atoms with van der Waals surface area (Å²) in [6.07, 6.45) is 5.17. The van der Waals surface area contributed by atoms with Gasteiger partial charge in [-0.3, -0.25) is 9.36 Å². The maximum absolute atomic E-state index is 12.6. The van der Waals surface area contributed by atoms with Crippen molar-refractivity contribution in [2.24, 2.45) is 0 Å². The van der Waals surface area contributed by atoms with Gasteiger partial charge in [-0.15, -0.1) is 16.8 Å². The molecule has 0 spiro atoms. The molecule has 1 saturated heterocycles. The molecule has 5 rings (SSSR count). The van der Waals surface area contributed by atoms with E-state index in [2.05, 4.69) is 39.1 Å². The Morgan fingerprint density at radius 3 is 2.63 bits per heavy atom. The Bertz CT molecular complexity index is 1170. The minimum atomic E-state index is -0.390.